The van der Waals surface area contributed by atoms with Gasteiger partial charge in [0.05, 0.1) is 10.9 Å². The van der Waals surface area contributed by atoms with E-state index >= 15 is 0 Å². The number of carboxylic acid groups (broad SMARTS) is 1. The summed E-state index contributed by atoms with van der Waals surface area (Å²) < 4.78 is 0.882. The highest BCUT2D eigenvalue weighted by Gasteiger charge is 2.33. The number of para-hydroxylation sites is 2. The van der Waals surface area contributed by atoms with Crippen molar-refractivity contribution in [2.75, 3.05) is 12.0 Å². The van der Waals surface area contributed by atoms with E-state index in [0.717, 1.165) is 15.5 Å². The second-order valence-corrected chi connectivity index (χ2v) is 11.1. The highest BCUT2D eigenvalue weighted by Crippen LogP contribution is 2.23. The fourth-order valence-electron chi connectivity index (χ4n) is 4.81. The second-order valence-electron chi connectivity index (χ2n) is 10.1. The molecule has 11 nitrogen and oxygen atoms in total. The average molecular weight is 580 g/mol. The number of rotatable bonds is 12. The van der Waals surface area contributed by atoms with Crippen molar-refractivity contribution in [3.8, 4) is 0 Å². The van der Waals surface area contributed by atoms with Crippen molar-refractivity contribution in [3.05, 3.63) is 81.1 Å². The lowest BCUT2D eigenvalue weighted by Crippen LogP contribution is -2.56. The molecule has 41 heavy (non-hydrogen) atoms. The number of carbonyl (C=O) groups is 3. The van der Waals surface area contributed by atoms with Gasteiger partial charge in [0.25, 0.3) is 5.56 Å². The molecule has 0 aliphatic heterocycles. The second kappa shape index (κ2) is 12.9. The van der Waals surface area contributed by atoms with E-state index in [4.69, 9.17) is 0 Å². The minimum atomic E-state index is -1.31. The van der Waals surface area contributed by atoms with Crippen LogP contribution >= 0.6 is 11.8 Å². The average Bonchev–Trinajstić information content (AvgIpc) is 3.35. The minimum Gasteiger partial charge on any atom is -0.480 e. The molecular formula is C29H33N5O6S. The summed E-state index contributed by atoms with van der Waals surface area (Å²) in [5, 5.41) is 15.9. The predicted molar refractivity (Wildman–Crippen MR) is 159 cm³/mol. The maximum Gasteiger partial charge on any atom is 0.329 e. The van der Waals surface area contributed by atoms with E-state index in [0.29, 0.717) is 16.8 Å². The number of carbonyl (C=O) groups excluding carboxylic acids is 2. The molecule has 2 heterocycles. The largest absolute Gasteiger partial charge is 0.480 e. The zero-order chi connectivity index (χ0) is 29.7. The van der Waals surface area contributed by atoms with Crippen LogP contribution in [-0.2, 0) is 20.8 Å². The van der Waals surface area contributed by atoms with E-state index in [9.17, 15) is 29.1 Å². The fraction of sp³-hybridized carbons (Fsp3) is 0.345. The lowest BCUT2D eigenvalue weighted by Gasteiger charge is -2.26. The van der Waals surface area contributed by atoms with Crippen molar-refractivity contribution in [1.29, 1.82) is 0 Å². The Kier molecular flexibility index (Phi) is 9.33. The molecule has 0 saturated heterocycles. The Hall–Kier alpha value is -4.32. The van der Waals surface area contributed by atoms with Gasteiger partial charge in [-0.2, -0.15) is 11.8 Å². The van der Waals surface area contributed by atoms with Gasteiger partial charge in [0.15, 0.2) is 0 Å². The molecule has 0 radical (unpaired) electrons. The van der Waals surface area contributed by atoms with Gasteiger partial charge in [-0.3, -0.25) is 14.4 Å². The lowest BCUT2D eigenvalue weighted by atomic mass is 10.00. The number of H-pyrrole nitrogens is 2. The number of carboxylic acids is 1. The molecule has 0 aliphatic carbocycles. The summed E-state index contributed by atoms with van der Waals surface area (Å²) in [6.07, 6.45) is 3.75. The number of aromatic nitrogens is 3. The smallest absolute Gasteiger partial charge is 0.329 e. The molecule has 2 amide bonds. The first-order chi connectivity index (χ1) is 19.6. The molecule has 12 heteroatoms. The normalized spacial score (nSPS) is 13.7. The Morgan fingerprint density at radius 2 is 1.61 bits per heavy atom. The minimum absolute atomic E-state index is 0.0188. The monoisotopic (exact) mass is 579 g/mol. The molecular weight excluding hydrogens is 546 g/mol. The molecule has 2 aromatic carbocycles. The lowest BCUT2D eigenvalue weighted by molar-refractivity contribution is -0.142. The first kappa shape index (κ1) is 29.7. The Labute approximate surface area is 239 Å². The summed E-state index contributed by atoms with van der Waals surface area (Å²) in [5.41, 5.74) is 0.467. The van der Waals surface area contributed by atoms with Gasteiger partial charge in [-0.15, -0.1) is 0 Å². The van der Waals surface area contributed by atoms with Crippen molar-refractivity contribution < 1.29 is 19.5 Å². The van der Waals surface area contributed by atoms with Gasteiger partial charge < -0.3 is 25.7 Å². The van der Waals surface area contributed by atoms with Crippen molar-refractivity contribution >= 4 is 51.4 Å². The molecule has 4 rings (SSSR count). The maximum absolute atomic E-state index is 13.9. The van der Waals surface area contributed by atoms with Crippen LogP contribution in [0.25, 0.3) is 21.8 Å². The number of fused-ring (bicyclic) bond motifs is 2. The number of nitrogens with one attached hydrogen (secondary N) is 4. The fourth-order valence-corrected chi connectivity index (χ4v) is 5.28. The Bertz CT molecular complexity index is 1690. The highest BCUT2D eigenvalue weighted by molar-refractivity contribution is 7.98. The quantitative estimate of drug-likeness (QED) is 0.172. The molecule has 0 fully saturated rings. The van der Waals surface area contributed by atoms with Crippen LogP contribution < -0.4 is 21.9 Å². The number of amides is 2. The van der Waals surface area contributed by atoms with Gasteiger partial charge in [-0.1, -0.05) is 44.2 Å². The molecule has 0 saturated carbocycles. The number of hydrogen-bond donors (Lipinski definition) is 5. The van der Waals surface area contributed by atoms with Gasteiger partial charge in [0, 0.05) is 23.5 Å². The third-order valence-electron chi connectivity index (χ3n) is 7.01. The topological polar surface area (TPSA) is 166 Å². The Morgan fingerprint density at radius 1 is 0.951 bits per heavy atom. The molecule has 0 aliphatic rings. The summed E-state index contributed by atoms with van der Waals surface area (Å²) in [5.74, 6) is -2.45. The standard InChI is InChI=1S/C29H33N5O6S/c1-16(2)24(26(36)31-22(28(38)39)12-13-41-3)33-25(35)23(14-17-15-30-20-10-6-4-8-18(17)20)34-27(37)19-9-5-7-11-21(19)32-29(34)40/h4-11,15-16,22-24,30H,12-14H2,1-3H3,(H,31,36)(H,32,40)(H,33,35)(H,38,39)/t22-,23-,24-/m0/s1. The number of hydrogen-bond acceptors (Lipinski definition) is 6. The molecule has 5 N–H and O–H groups in total. The molecule has 0 spiro atoms. The van der Waals surface area contributed by atoms with E-state index in [1.807, 2.05) is 30.5 Å². The number of aromatic amines is 2. The van der Waals surface area contributed by atoms with Crippen molar-refractivity contribution in [1.82, 2.24) is 25.2 Å². The van der Waals surface area contributed by atoms with Crippen molar-refractivity contribution in [2.45, 2.75) is 44.8 Å². The van der Waals surface area contributed by atoms with E-state index < -0.39 is 53.1 Å². The van der Waals surface area contributed by atoms with Crippen molar-refractivity contribution in [2.24, 2.45) is 5.92 Å². The molecule has 0 bridgehead atoms. The van der Waals surface area contributed by atoms with Crippen LogP contribution in [0.4, 0.5) is 0 Å². The van der Waals surface area contributed by atoms with Crippen LogP contribution in [0.1, 0.15) is 31.9 Å². The van der Waals surface area contributed by atoms with E-state index in [1.165, 1.54) is 11.8 Å². The third-order valence-corrected chi connectivity index (χ3v) is 7.66. The highest BCUT2D eigenvalue weighted by atomic mass is 32.2. The predicted octanol–water partition coefficient (Wildman–Crippen LogP) is 2.42. The number of aliphatic carboxylic acids is 1. The van der Waals surface area contributed by atoms with Gasteiger partial charge in [0.2, 0.25) is 11.8 Å². The Balaban J connectivity index is 1.73. The zero-order valence-corrected chi connectivity index (χ0v) is 23.8. The van der Waals surface area contributed by atoms with Gasteiger partial charge >= 0.3 is 11.7 Å². The van der Waals surface area contributed by atoms with Gasteiger partial charge in [-0.25, -0.2) is 14.2 Å². The van der Waals surface area contributed by atoms with Crippen LogP contribution in [-0.4, -0.2) is 61.5 Å². The number of nitrogens with zero attached hydrogens (tertiary/aromatic N) is 1. The van der Waals surface area contributed by atoms with E-state index in [2.05, 4.69) is 20.6 Å². The van der Waals surface area contributed by atoms with Crippen molar-refractivity contribution in [3.63, 3.8) is 0 Å². The van der Waals surface area contributed by atoms with E-state index in [1.54, 1.807) is 44.3 Å². The third kappa shape index (κ3) is 6.54. The molecule has 216 valence electrons. The van der Waals surface area contributed by atoms with Crippen LogP contribution in [0.15, 0.2) is 64.3 Å². The summed E-state index contributed by atoms with van der Waals surface area (Å²) >= 11 is 1.46. The summed E-state index contributed by atoms with van der Waals surface area (Å²) in [6, 6.07) is 10.4. The number of thioether (sulfide) groups is 1. The maximum atomic E-state index is 13.9. The van der Waals surface area contributed by atoms with Gasteiger partial charge in [0.1, 0.15) is 18.1 Å². The first-order valence-corrected chi connectivity index (χ1v) is 14.6. The molecule has 0 unspecified atom stereocenters. The summed E-state index contributed by atoms with van der Waals surface area (Å²) in [7, 11) is 0. The molecule has 3 atom stereocenters. The van der Waals surface area contributed by atoms with E-state index in [-0.39, 0.29) is 18.2 Å². The SMILES string of the molecule is CSCC[C@H](NC(=O)[C@@H](NC(=O)[C@H](Cc1c[nH]c2ccccc12)n1c(=O)[nH]c2ccccc2c1=O)C(C)C)C(=O)O. The summed E-state index contributed by atoms with van der Waals surface area (Å²) in [6.45, 7) is 3.43. The van der Waals surface area contributed by atoms with Gasteiger partial charge in [-0.05, 0) is 48.1 Å². The summed E-state index contributed by atoms with van der Waals surface area (Å²) in [4.78, 5) is 71.5. The Morgan fingerprint density at radius 3 is 2.27 bits per heavy atom. The molecule has 4 aromatic rings. The first-order valence-electron chi connectivity index (χ1n) is 13.2. The van der Waals surface area contributed by atoms with Crippen LogP contribution in [0.3, 0.4) is 0 Å². The molecule has 2 aromatic heterocycles. The number of benzene rings is 2. The zero-order valence-electron chi connectivity index (χ0n) is 23.0. The van der Waals surface area contributed by atoms with Crippen LogP contribution in [0.5, 0.6) is 0 Å². The van der Waals surface area contributed by atoms with Crippen LogP contribution in [0.2, 0.25) is 0 Å². The van der Waals surface area contributed by atoms with Crippen LogP contribution in [0, 0.1) is 5.92 Å².